The molecule has 10 heavy (non-hydrogen) atoms. The van der Waals surface area contributed by atoms with Gasteiger partial charge in [0.1, 0.15) is 0 Å². The molecule has 1 aromatic rings. The molecule has 0 fully saturated rings. The number of hydrogen-bond donors (Lipinski definition) is 2. The van der Waals surface area contributed by atoms with Crippen molar-refractivity contribution in [2.24, 2.45) is 0 Å². The van der Waals surface area contributed by atoms with Gasteiger partial charge in [-0.1, -0.05) is 0 Å². The molecule has 2 N–H and O–H groups in total. The third-order valence-electron chi connectivity index (χ3n) is 0.835. The topological polar surface area (TPSA) is 81.1 Å². The highest BCUT2D eigenvalue weighted by Gasteiger charge is 1.95. The van der Waals surface area contributed by atoms with Crippen LogP contribution in [0.25, 0.3) is 0 Å². The lowest BCUT2D eigenvalue weighted by Crippen LogP contribution is -2.00. The smallest absolute Gasteiger partial charge is 0.208 e. The van der Waals surface area contributed by atoms with Gasteiger partial charge in [0, 0.05) is 0 Å². The Balaban J connectivity index is 3.29. The van der Waals surface area contributed by atoms with E-state index < -0.39 is 11.3 Å². The number of H-pyrrole nitrogens is 1. The second-order valence-electron chi connectivity index (χ2n) is 1.49. The van der Waals surface area contributed by atoms with E-state index in [1.165, 1.54) is 0 Å². The summed E-state index contributed by atoms with van der Waals surface area (Å²) in [6.07, 6.45) is 0.978. The molecule has 0 saturated heterocycles. The minimum atomic E-state index is -2.45. The molecule has 1 atom stereocenters. The molecule has 7 heteroatoms. The molecule has 0 aromatic carbocycles. The maximum atomic E-state index is 10.2. The summed E-state index contributed by atoms with van der Waals surface area (Å²) >= 11 is 2.05. The number of aromatic amines is 1. The van der Waals surface area contributed by atoms with E-state index in [-0.39, 0.29) is 10.7 Å². The van der Waals surface area contributed by atoms with Gasteiger partial charge in [0.05, 0.1) is 17.5 Å². The summed E-state index contributed by atoms with van der Waals surface area (Å²) in [5.41, 5.74) is 0. The monoisotopic (exact) mass is 179 g/mol. The van der Waals surface area contributed by atoms with Gasteiger partial charge in [0.2, 0.25) is 5.88 Å². The third kappa shape index (κ3) is 1.25. The minimum absolute atomic E-state index is 0.0502. The van der Waals surface area contributed by atoms with Crippen molar-refractivity contribution in [1.29, 1.82) is 0 Å². The fourth-order valence-corrected chi connectivity index (χ4v) is 1.18. The van der Waals surface area contributed by atoms with Crippen molar-refractivity contribution in [3.05, 3.63) is 11.0 Å². The first kappa shape index (κ1) is 7.45. The van der Waals surface area contributed by atoms with Crippen LogP contribution in [0.3, 0.4) is 0 Å². The Morgan fingerprint density at radius 1 is 1.90 bits per heavy atom. The fourth-order valence-electron chi connectivity index (χ4n) is 0.477. The molecular weight excluding hydrogens is 176 g/mol. The molecule has 0 saturated carbocycles. The van der Waals surface area contributed by atoms with Gasteiger partial charge in [-0.15, -0.1) is 0 Å². The van der Waals surface area contributed by atoms with Gasteiger partial charge in [-0.2, -0.15) is 0 Å². The molecule has 0 amide bonds. The number of aromatic nitrogens is 2. The first-order valence-corrected chi connectivity index (χ1v) is 3.65. The van der Waals surface area contributed by atoms with Crippen LogP contribution >= 0.6 is 12.2 Å². The average Bonchev–Trinajstić information content (AvgIpc) is 2.10. The van der Waals surface area contributed by atoms with Gasteiger partial charge >= 0.3 is 0 Å². The predicted molar refractivity (Wildman–Crippen MR) is 35.6 cm³/mol. The van der Waals surface area contributed by atoms with Crippen LogP contribution < -0.4 is 0 Å². The van der Waals surface area contributed by atoms with E-state index in [1.54, 1.807) is 0 Å². The van der Waals surface area contributed by atoms with Gasteiger partial charge < -0.3 is 14.6 Å². The van der Waals surface area contributed by atoms with Gasteiger partial charge in [-0.25, -0.2) is 3.97 Å². The van der Waals surface area contributed by atoms with Crippen LogP contribution in [0.15, 0.2) is 6.20 Å². The van der Waals surface area contributed by atoms with E-state index >= 15 is 0 Å². The summed E-state index contributed by atoms with van der Waals surface area (Å²) < 4.78 is 21.1. The molecule has 0 spiro atoms. The number of imidazole rings is 1. The van der Waals surface area contributed by atoms with Crippen LogP contribution in [0.1, 0.15) is 0 Å². The second kappa shape index (κ2) is 2.52. The Bertz CT molecular complexity index is 314. The molecule has 0 aliphatic carbocycles. The standard InChI is InChI=1S/C3H4N2O3S2/c6-2-1-5(10(7)8)3(9)4-2/h1,6H,(H,4,9)(H,7,8)/p-1. The first-order chi connectivity index (χ1) is 4.61. The molecule has 0 aliphatic heterocycles. The Kier molecular flexibility index (Phi) is 1.88. The zero-order valence-corrected chi connectivity index (χ0v) is 6.24. The van der Waals surface area contributed by atoms with Crippen molar-refractivity contribution in [3.8, 4) is 5.88 Å². The zero-order chi connectivity index (χ0) is 7.72. The normalized spacial score (nSPS) is 13.3. The van der Waals surface area contributed by atoms with Crippen LogP contribution in [-0.4, -0.2) is 22.8 Å². The lowest BCUT2D eigenvalue weighted by molar-refractivity contribution is 0.455. The maximum absolute atomic E-state index is 10.2. The average molecular weight is 179 g/mol. The molecule has 5 nitrogen and oxygen atoms in total. The highest BCUT2D eigenvalue weighted by Crippen LogP contribution is 2.04. The van der Waals surface area contributed by atoms with Crippen LogP contribution in [0.5, 0.6) is 5.88 Å². The Morgan fingerprint density at radius 2 is 2.50 bits per heavy atom. The quantitative estimate of drug-likeness (QED) is 0.465. The number of rotatable bonds is 1. The molecule has 0 bridgehead atoms. The first-order valence-electron chi connectivity index (χ1n) is 2.21. The summed E-state index contributed by atoms with van der Waals surface area (Å²) in [7, 11) is 0. The van der Waals surface area contributed by atoms with Crippen LogP contribution in [-0.2, 0) is 11.3 Å². The van der Waals surface area contributed by atoms with E-state index in [9.17, 15) is 8.76 Å². The van der Waals surface area contributed by atoms with Crippen molar-refractivity contribution in [3.63, 3.8) is 0 Å². The summed E-state index contributed by atoms with van der Waals surface area (Å²) in [6.45, 7) is 0. The van der Waals surface area contributed by atoms with Crippen molar-refractivity contribution in [2.75, 3.05) is 0 Å². The third-order valence-corrected chi connectivity index (χ3v) is 1.86. The maximum Gasteiger partial charge on any atom is 0.208 e. The Morgan fingerprint density at radius 3 is 2.70 bits per heavy atom. The highest BCUT2D eigenvalue weighted by molar-refractivity contribution is 7.78. The number of nitrogens with one attached hydrogen (secondary N) is 1. The number of hydrogen-bond acceptors (Lipinski definition) is 4. The lowest BCUT2D eigenvalue weighted by atomic mass is 10.9. The largest absolute Gasteiger partial charge is 0.755 e. The molecular formula is C3H3N2O3S2-. The molecule has 1 unspecified atom stereocenters. The summed E-state index contributed by atoms with van der Waals surface area (Å²) in [4.78, 5) is 2.23. The predicted octanol–water partition coefficient (Wildman–Crippen LogP) is -0.107. The van der Waals surface area contributed by atoms with Crippen LogP contribution in [0.2, 0.25) is 0 Å². The highest BCUT2D eigenvalue weighted by atomic mass is 32.2. The molecule has 1 aromatic heterocycles. The molecule has 0 aliphatic rings. The summed E-state index contributed by atoms with van der Waals surface area (Å²) in [5.74, 6) is -0.269. The molecule has 56 valence electrons. The van der Waals surface area contributed by atoms with Gasteiger partial charge in [0.15, 0.2) is 4.77 Å². The van der Waals surface area contributed by atoms with Crippen molar-refractivity contribution in [2.45, 2.75) is 0 Å². The van der Waals surface area contributed by atoms with E-state index in [0.29, 0.717) is 3.97 Å². The lowest BCUT2D eigenvalue weighted by Gasteiger charge is -2.01. The Labute approximate surface area is 63.7 Å². The van der Waals surface area contributed by atoms with E-state index in [1.807, 2.05) is 0 Å². The van der Waals surface area contributed by atoms with Crippen molar-refractivity contribution >= 4 is 23.5 Å². The molecule has 0 radical (unpaired) electrons. The zero-order valence-electron chi connectivity index (χ0n) is 4.60. The van der Waals surface area contributed by atoms with Crippen molar-refractivity contribution in [1.82, 2.24) is 8.96 Å². The summed E-state index contributed by atoms with van der Waals surface area (Å²) in [5, 5.41) is 8.67. The SMILES string of the molecule is O=S([O-])n1cc(O)[nH]c1=S. The van der Waals surface area contributed by atoms with Crippen LogP contribution in [0.4, 0.5) is 0 Å². The number of aromatic hydroxyl groups is 1. The van der Waals surface area contributed by atoms with Gasteiger partial charge in [0.25, 0.3) is 0 Å². The van der Waals surface area contributed by atoms with E-state index in [4.69, 9.17) is 5.11 Å². The molecule has 1 rings (SSSR count). The second-order valence-corrected chi connectivity index (χ2v) is 2.70. The van der Waals surface area contributed by atoms with E-state index in [2.05, 4.69) is 17.2 Å². The molecule has 1 heterocycles. The Hall–Kier alpha value is -0.660. The summed E-state index contributed by atoms with van der Waals surface area (Å²) in [6, 6.07) is 0. The van der Waals surface area contributed by atoms with E-state index in [0.717, 1.165) is 6.20 Å². The van der Waals surface area contributed by atoms with Gasteiger partial charge in [-0.05, 0) is 12.2 Å². The number of nitrogens with zero attached hydrogens (tertiary/aromatic N) is 1. The fraction of sp³-hybridized carbons (Fsp3) is 0. The van der Waals surface area contributed by atoms with Gasteiger partial charge in [-0.3, -0.25) is 4.21 Å². The minimum Gasteiger partial charge on any atom is -0.755 e. The van der Waals surface area contributed by atoms with Crippen LogP contribution in [0, 0.1) is 4.77 Å². The van der Waals surface area contributed by atoms with Crippen molar-refractivity contribution < 1.29 is 13.9 Å².